The lowest BCUT2D eigenvalue weighted by atomic mass is 10.1. The molecule has 0 saturated heterocycles. The molecule has 0 aliphatic rings. The average Bonchev–Trinajstić information content (AvgIpc) is 2.21. The highest BCUT2D eigenvalue weighted by Gasteiger charge is 2.04. The molecular formula is C12H17FOS. The summed E-state index contributed by atoms with van der Waals surface area (Å²) >= 11 is 4.17. The number of thiol groups is 1. The zero-order valence-electron chi connectivity index (χ0n) is 8.95. The van der Waals surface area contributed by atoms with E-state index in [4.69, 9.17) is 4.74 Å². The Hall–Kier alpha value is -0.700. The maximum Gasteiger partial charge on any atom is 0.165 e. The SMILES string of the molecule is CC(CCS)CCOc1ccccc1F. The minimum absolute atomic E-state index is 0.292. The van der Waals surface area contributed by atoms with E-state index >= 15 is 0 Å². The summed E-state index contributed by atoms with van der Waals surface area (Å²) in [6.07, 6.45) is 2.01. The lowest BCUT2D eigenvalue weighted by molar-refractivity contribution is 0.270. The molecule has 0 bridgehead atoms. The highest BCUT2D eigenvalue weighted by molar-refractivity contribution is 7.80. The van der Waals surface area contributed by atoms with Crippen LogP contribution in [0.1, 0.15) is 19.8 Å². The van der Waals surface area contributed by atoms with Crippen LogP contribution in [0.3, 0.4) is 0 Å². The van der Waals surface area contributed by atoms with Gasteiger partial charge in [-0.15, -0.1) is 0 Å². The molecule has 1 atom stereocenters. The van der Waals surface area contributed by atoms with Gasteiger partial charge in [-0.25, -0.2) is 4.39 Å². The predicted molar refractivity (Wildman–Crippen MR) is 64.1 cm³/mol. The van der Waals surface area contributed by atoms with Crippen molar-refractivity contribution < 1.29 is 9.13 Å². The third-order valence-electron chi connectivity index (χ3n) is 2.33. The number of rotatable bonds is 6. The van der Waals surface area contributed by atoms with E-state index in [1.807, 2.05) is 0 Å². The lowest BCUT2D eigenvalue weighted by Crippen LogP contribution is -2.05. The summed E-state index contributed by atoms with van der Waals surface area (Å²) in [4.78, 5) is 0. The summed E-state index contributed by atoms with van der Waals surface area (Å²) in [5, 5.41) is 0. The van der Waals surface area contributed by atoms with Crippen molar-refractivity contribution in [3.63, 3.8) is 0 Å². The first-order valence-corrected chi connectivity index (χ1v) is 5.85. The molecule has 0 radical (unpaired) electrons. The quantitative estimate of drug-likeness (QED) is 0.733. The predicted octanol–water partition coefficient (Wildman–Crippen LogP) is 3.55. The Morgan fingerprint density at radius 2 is 2.07 bits per heavy atom. The van der Waals surface area contributed by atoms with Crippen LogP contribution in [0.4, 0.5) is 4.39 Å². The summed E-state index contributed by atoms with van der Waals surface area (Å²) in [7, 11) is 0. The largest absolute Gasteiger partial charge is 0.491 e. The molecule has 0 saturated carbocycles. The molecule has 1 aromatic carbocycles. The van der Waals surface area contributed by atoms with Crippen molar-refractivity contribution in [2.45, 2.75) is 19.8 Å². The van der Waals surface area contributed by atoms with Crippen LogP contribution < -0.4 is 4.74 Å². The molecule has 15 heavy (non-hydrogen) atoms. The van der Waals surface area contributed by atoms with Crippen molar-refractivity contribution >= 4 is 12.6 Å². The van der Waals surface area contributed by atoms with Gasteiger partial charge in [0.05, 0.1) is 6.61 Å². The second kappa shape index (κ2) is 6.72. The zero-order chi connectivity index (χ0) is 11.1. The normalized spacial score (nSPS) is 12.5. The third-order valence-corrected chi connectivity index (χ3v) is 2.58. The highest BCUT2D eigenvalue weighted by Crippen LogP contribution is 2.16. The van der Waals surface area contributed by atoms with Crippen molar-refractivity contribution in [3.05, 3.63) is 30.1 Å². The van der Waals surface area contributed by atoms with Gasteiger partial charge in [-0.2, -0.15) is 12.6 Å². The van der Waals surface area contributed by atoms with Gasteiger partial charge in [0.1, 0.15) is 0 Å². The van der Waals surface area contributed by atoms with Crippen molar-refractivity contribution in [2.75, 3.05) is 12.4 Å². The van der Waals surface area contributed by atoms with Crippen LogP contribution in [-0.2, 0) is 0 Å². The number of ether oxygens (including phenoxy) is 1. The van der Waals surface area contributed by atoms with E-state index in [2.05, 4.69) is 19.6 Å². The first-order chi connectivity index (χ1) is 7.24. The minimum Gasteiger partial charge on any atom is -0.491 e. The van der Waals surface area contributed by atoms with Gasteiger partial charge in [0.2, 0.25) is 0 Å². The van der Waals surface area contributed by atoms with Crippen molar-refractivity contribution in [2.24, 2.45) is 5.92 Å². The third kappa shape index (κ3) is 4.56. The Morgan fingerprint density at radius 3 is 2.73 bits per heavy atom. The van der Waals surface area contributed by atoms with Crippen LogP contribution in [-0.4, -0.2) is 12.4 Å². The standard InChI is InChI=1S/C12H17FOS/c1-10(7-9-15)6-8-14-12-5-3-2-4-11(12)13/h2-5,10,15H,6-9H2,1H3. The topological polar surface area (TPSA) is 9.23 Å². The van der Waals surface area contributed by atoms with Gasteiger partial charge in [-0.3, -0.25) is 0 Å². The molecule has 1 unspecified atom stereocenters. The molecule has 0 aliphatic heterocycles. The van der Waals surface area contributed by atoms with Gasteiger partial charge in [0, 0.05) is 0 Å². The maximum absolute atomic E-state index is 13.1. The summed E-state index contributed by atoms with van der Waals surface area (Å²) in [5.74, 6) is 1.52. The van der Waals surface area contributed by atoms with Gasteiger partial charge in [0.15, 0.2) is 11.6 Å². The fourth-order valence-corrected chi connectivity index (χ4v) is 1.74. The van der Waals surface area contributed by atoms with Crippen LogP contribution in [0, 0.1) is 11.7 Å². The fourth-order valence-electron chi connectivity index (χ4n) is 1.30. The molecule has 0 fully saturated rings. The van der Waals surface area contributed by atoms with E-state index in [1.165, 1.54) is 6.07 Å². The van der Waals surface area contributed by atoms with E-state index in [-0.39, 0.29) is 5.82 Å². The van der Waals surface area contributed by atoms with Gasteiger partial charge in [0.25, 0.3) is 0 Å². The van der Waals surface area contributed by atoms with Crippen LogP contribution in [0.15, 0.2) is 24.3 Å². The average molecular weight is 228 g/mol. The van der Waals surface area contributed by atoms with Gasteiger partial charge >= 0.3 is 0 Å². The van der Waals surface area contributed by atoms with Gasteiger partial charge in [-0.05, 0) is 36.6 Å². The molecule has 1 nitrogen and oxygen atoms in total. The number of halogens is 1. The van der Waals surface area contributed by atoms with E-state index in [0.717, 1.165) is 18.6 Å². The van der Waals surface area contributed by atoms with E-state index < -0.39 is 0 Å². The van der Waals surface area contributed by atoms with Gasteiger partial charge in [-0.1, -0.05) is 19.1 Å². The number of benzene rings is 1. The summed E-state index contributed by atoms with van der Waals surface area (Å²) in [6, 6.07) is 6.49. The second-order valence-electron chi connectivity index (χ2n) is 3.69. The first-order valence-electron chi connectivity index (χ1n) is 5.22. The molecule has 0 heterocycles. The monoisotopic (exact) mass is 228 g/mol. The smallest absolute Gasteiger partial charge is 0.165 e. The molecule has 0 amide bonds. The number of hydrogen-bond acceptors (Lipinski definition) is 2. The van der Waals surface area contributed by atoms with Crippen LogP contribution in [0.2, 0.25) is 0 Å². The summed E-state index contributed by atoms with van der Waals surface area (Å²) in [6.45, 7) is 2.72. The Bertz CT molecular complexity index is 291. The van der Waals surface area contributed by atoms with Crippen LogP contribution in [0.25, 0.3) is 0 Å². The maximum atomic E-state index is 13.1. The summed E-state index contributed by atoms with van der Waals surface area (Å²) < 4.78 is 18.5. The molecule has 0 aliphatic carbocycles. The minimum atomic E-state index is -0.292. The molecule has 0 aromatic heterocycles. The molecule has 0 N–H and O–H groups in total. The molecule has 3 heteroatoms. The van der Waals surface area contributed by atoms with E-state index in [1.54, 1.807) is 18.2 Å². The van der Waals surface area contributed by atoms with Crippen molar-refractivity contribution in [1.29, 1.82) is 0 Å². The van der Waals surface area contributed by atoms with Crippen LogP contribution in [0.5, 0.6) is 5.75 Å². The number of para-hydroxylation sites is 1. The zero-order valence-corrected chi connectivity index (χ0v) is 9.84. The lowest BCUT2D eigenvalue weighted by Gasteiger charge is -2.11. The Labute approximate surface area is 96.1 Å². The summed E-state index contributed by atoms with van der Waals surface area (Å²) in [5.41, 5.74) is 0. The highest BCUT2D eigenvalue weighted by atomic mass is 32.1. The Balaban J connectivity index is 2.29. The molecule has 0 spiro atoms. The van der Waals surface area contributed by atoms with Gasteiger partial charge < -0.3 is 4.74 Å². The fraction of sp³-hybridized carbons (Fsp3) is 0.500. The molecule has 84 valence electrons. The second-order valence-corrected chi connectivity index (χ2v) is 4.13. The molecular weight excluding hydrogens is 211 g/mol. The van der Waals surface area contributed by atoms with Crippen LogP contribution >= 0.6 is 12.6 Å². The number of hydrogen-bond donors (Lipinski definition) is 1. The molecule has 1 rings (SSSR count). The Kier molecular flexibility index (Phi) is 5.54. The van der Waals surface area contributed by atoms with Crippen molar-refractivity contribution in [3.8, 4) is 5.75 Å². The van der Waals surface area contributed by atoms with E-state index in [9.17, 15) is 4.39 Å². The molecule has 1 aromatic rings. The van der Waals surface area contributed by atoms with E-state index in [0.29, 0.717) is 18.3 Å². The first kappa shape index (κ1) is 12.4. The Morgan fingerprint density at radius 1 is 1.33 bits per heavy atom. The van der Waals surface area contributed by atoms with Crippen molar-refractivity contribution in [1.82, 2.24) is 0 Å².